The lowest BCUT2D eigenvalue weighted by Crippen LogP contribution is -2.61. The van der Waals surface area contributed by atoms with Gasteiger partial charge in [-0.3, -0.25) is 4.79 Å². The Morgan fingerprint density at radius 1 is 0.833 bits per heavy atom. The molecule has 0 spiro atoms. The van der Waals surface area contributed by atoms with Crippen molar-refractivity contribution in [3.05, 3.63) is 47.5 Å². The Morgan fingerprint density at radius 2 is 1.48 bits per heavy atom. The second-order valence-electron chi connectivity index (χ2n) is 10.3. The van der Waals surface area contributed by atoms with Gasteiger partial charge in [0.25, 0.3) is 0 Å². The van der Waals surface area contributed by atoms with Crippen molar-refractivity contribution in [2.45, 2.75) is 81.2 Å². The molecule has 2 heterocycles. The van der Waals surface area contributed by atoms with Crippen LogP contribution in [-0.4, -0.2) is 122 Å². The Bertz CT molecular complexity index is 1210. The van der Waals surface area contributed by atoms with E-state index in [1.54, 1.807) is 12.1 Å². The number of ether oxygens (including phenoxy) is 5. The maximum absolute atomic E-state index is 13.2. The highest BCUT2D eigenvalue weighted by Gasteiger charge is 2.47. The van der Waals surface area contributed by atoms with Crippen LogP contribution < -0.4 is 9.47 Å². The first kappa shape index (κ1) is 31.9. The van der Waals surface area contributed by atoms with E-state index in [0.29, 0.717) is 0 Å². The molecule has 4 rings (SSSR count). The Kier molecular flexibility index (Phi) is 10.2. The maximum Gasteiger partial charge on any atom is 0.229 e. The fourth-order valence-electron chi connectivity index (χ4n) is 4.73. The molecule has 0 amide bonds. The number of ketones is 1. The Morgan fingerprint density at radius 3 is 2.14 bits per heavy atom. The van der Waals surface area contributed by atoms with Crippen LogP contribution >= 0.6 is 0 Å². The summed E-state index contributed by atoms with van der Waals surface area (Å²) in [6.07, 6.45) is -14.9. The summed E-state index contributed by atoms with van der Waals surface area (Å²) in [5.74, 6) is -1.04. The van der Waals surface area contributed by atoms with E-state index in [2.05, 4.69) is 0 Å². The number of benzene rings is 2. The van der Waals surface area contributed by atoms with E-state index < -0.39 is 79.6 Å². The topological polar surface area (TPSA) is 225 Å². The van der Waals surface area contributed by atoms with Gasteiger partial charge >= 0.3 is 0 Å². The molecule has 10 unspecified atom stereocenters. The summed E-state index contributed by atoms with van der Waals surface area (Å²) in [7, 11) is 1.32. The first-order chi connectivity index (χ1) is 19.9. The second kappa shape index (κ2) is 13.5. The molecular weight excluding hydrogens is 560 g/mol. The van der Waals surface area contributed by atoms with E-state index in [1.807, 2.05) is 0 Å². The van der Waals surface area contributed by atoms with E-state index in [-0.39, 0.29) is 35.7 Å². The fraction of sp³-hybridized carbons (Fsp3) is 0.536. The number of aliphatic hydroxyl groups is 6. The number of methoxy groups -OCH3 is 1. The Hall–Kier alpha value is -3.05. The zero-order valence-corrected chi connectivity index (χ0v) is 22.9. The van der Waals surface area contributed by atoms with Crippen molar-refractivity contribution in [3.8, 4) is 23.0 Å². The fourth-order valence-corrected chi connectivity index (χ4v) is 4.73. The Balaban J connectivity index is 1.50. The Labute approximate surface area is 240 Å². The summed E-state index contributed by atoms with van der Waals surface area (Å²) in [5.41, 5.74) is 0.519. The predicted molar refractivity (Wildman–Crippen MR) is 141 cm³/mol. The number of rotatable bonds is 10. The van der Waals surface area contributed by atoms with E-state index in [1.165, 1.54) is 38.3 Å². The van der Waals surface area contributed by atoms with Gasteiger partial charge < -0.3 is 64.5 Å². The number of aliphatic hydroxyl groups excluding tert-OH is 6. The zero-order valence-electron chi connectivity index (χ0n) is 22.9. The van der Waals surface area contributed by atoms with Crippen molar-refractivity contribution in [2.75, 3.05) is 13.7 Å². The van der Waals surface area contributed by atoms with E-state index in [9.17, 15) is 45.6 Å². The lowest BCUT2D eigenvalue weighted by molar-refractivity contribution is -0.318. The molecule has 2 fully saturated rings. The molecule has 0 radical (unpaired) electrons. The van der Waals surface area contributed by atoms with Gasteiger partial charge in [-0.05, 0) is 31.0 Å². The van der Waals surface area contributed by atoms with Crippen LogP contribution in [0.4, 0.5) is 0 Å². The summed E-state index contributed by atoms with van der Waals surface area (Å²) in [5, 5.41) is 81.8. The first-order valence-electron chi connectivity index (χ1n) is 13.3. The zero-order chi connectivity index (χ0) is 30.7. The van der Waals surface area contributed by atoms with Crippen molar-refractivity contribution in [1.29, 1.82) is 0 Å². The van der Waals surface area contributed by atoms with Gasteiger partial charge in [0.1, 0.15) is 71.3 Å². The predicted octanol–water partition coefficient (Wildman–Crippen LogP) is -1.05. The molecule has 0 saturated carbocycles. The molecule has 2 aromatic rings. The lowest BCUT2D eigenvalue weighted by atomic mass is 9.98. The molecule has 2 saturated heterocycles. The number of hydrogen-bond acceptors (Lipinski definition) is 14. The van der Waals surface area contributed by atoms with Crippen LogP contribution in [0, 0.1) is 0 Å². The molecule has 8 N–H and O–H groups in total. The van der Waals surface area contributed by atoms with Crippen LogP contribution in [0.2, 0.25) is 0 Å². The molecule has 0 aliphatic carbocycles. The number of aryl methyl sites for hydroxylation is 1. The van der Waals surface area contributed by atoms with Gasteiger partial charge in [-0.2, -0.15) is 0 Å². The quantitative estimate of drug-likeness (QED) is 0.153. The normalized spacial score (nSPS) is 33.2. The molecule has 14 heteroatoms. The van der Waals surface area contributed by atoms with Gasteiger partial charge in [-0.15, -0.1) is 0 Å². The molecule has 0 aromatic heterocycles. The van der Waals surface area contributed by atoms with Gasteiger partial charge in [0.15, 0.2) is 12.1 Å². The number of carbonyl (C=O) groups is 1. The number of phenols is 2. The minimum atomic E-state index is -1.81. The van der Waals surface area contributed by atoms with E-state index in [0.717, 1.165) is 5.56 Å². The minimum absolute atomic E-state index is 0.0599. The average Bonchev–Trinajstić information content (AvgIpc) is 2.97. The molecule has 2 aliphatic heterocycles. The minimum Gasteiger partial charge on any atom is -0.508 e. The number of aromatic hydroxyl groups is 2. The van der Waals surface area contributed by atoms with Crippen molar-refractivity contribution < 1.29 is 69.3 Å². The molecule has 232 valence electrons. The number of hydrogen-bond donors (Lipinski definition) is 8. The summed E-state index contributed by atoms with van der Waals surface area (Å²) < 4.78 is 27.4. The highest BCUT2D eigenvalue weighted by molar-refractivity contribution is 6.01. The van der Waals surface area contributed by atoms with Crippen molar-refractivity contribution in [1.82, 2.24) is 0 Å². The molecule has 42 heavy (non-hydrogen) atoms. The highest BCUT2D eigenvalue weighted by atomic mass is 16.7. The van der Waals surface area contributed by atoms with Crippen LogP contribution in [0.15, 0.2) is 36.4 Å². The van der Waals surface area contributed by atoms with Crippen LogP contribution in [0.25, 0.3) is 0 Å². The van der Waals surface area contributed by atoms with Crippen LogP contribution in [0.5, 0.6) is 23.0 Å². The third-order valence-corrected chi connectivity index (χ3v) is 7.29. The average molecular weight is 597 g/mol. The number of carbonyl (C=O) groups excluding carboxylic acids is 1. The van der Waals surface area contributed by atoms with Gasteiger partial charge in [0.2, 0.25) is 6.29 Å². The SMILES string of the molecule is COc1cc(O)c(C(=O)CCc2ccc(O)cc2)c(OC2OC(COC3OC(C)C(O)C(O)C3O)C(O)C(O)C2O)c1. The highest BCUT2D eigenvalue weighted by Crippen LogP contribution is 2.37. The molecular formula is C28H36O14. The summed E-state index contributed by atoms with van der Waals surface area (Å²) in [6, 6.07) is 8.75. The summed E-state index contributed by atoms with van der Waals surface area (Å²) in [6.45, 7) is 0.947. The molecule has 14 nitrogen and oxygen atoms in total. The largest absolute Gasteiger partial charge is 0.508 e. The third-order valence-electron chi connectivity index (χ3n) is 7.29. The van der Waals surface area contributed by atoms with Crippen LogP contribution in [0.1, 0.15) is 29.3 Å². The maximum atomic E-state index is 13.2. The van der Waals surface area contributed by atoms with Crippen LogP contribution in [-0.2, 0) is 20.6 Å². The standard InChI is InChI=1S/C28H36O14/c1-12-21(32)23(34)25(36)27(40-12)39-11-19-22(33)24(35)26(37)28(42-19)41-18-10-15(38-2)9-17(31)20(18)16(30)8-5-13-3-6-14(29)7-4-13/h3-4,6-7,9-10,12,19,21-29,31-37H,5,8,11H2,1-2H3. The number of phenolic OH excluding ortho intramolecular Hbond substituents is 2. The monoisotopic (exact) mass is 596 g/mol. The molecule has 2 aromatic carbocycles. The number of Topliss-reactive ketones (excluding diaryl/α,β-unsaturated/α-hetero) is 1. The van der Waals surface area contributed by atoms with Gasteiger partial charge in [0.05, 0.1) is 19.8 Å². The van der Waals surface area contributed by atoms with Crippen molar-refractivity contribution in [2.24, 2.45) is 0 Å². The van der Waals surface area contributed by atoms with E-state index in [4.69, 9.17) is 23.7 Å². The third kappa shape index (κ3) is 6.94. The molecule has 2 aliphatic rings. The van der Waals surface area contributed by atoms with Crippen molar-refractivity contribution >= 4 is 5.78 Å². The van der Waals surface area contributed by atoms with Gasteiger partial charge in [-0.1, -0.05) is 12.1 Å². The van der Waals surface area contributed by atoms with Gasteiger partial charge in [-0.25, -0.2) is 0 Å². The smallest absolute Gasteiger partial charge is 0.229 e. The first-order valence-corrected chi connectivity index (χ1v) is 13.3. The molecule has 10 atom stereocenters. The second-order valence-corrected chi connectivity index (χ2v) is 10.3. The van der Waals surface area contributed by atoms with Crippen molar-refractivity contribution in [3.63, 3.8) is 0 Å². The summed E-state index contributed by atoms with van der Waals surface area (Å²) in [4.78, 5) is 13.2. The summed E-state index contributed by atoms with van der Waals surface area (Å²) >= 11 is 0. The lowest BCUT2D eigenvalue weighted by Gasteiger charge is -2.42. The van der Waals surface area contributed by atoms with Gasteiger partial charge in [0, 0.05) is 18.6 Å². The van der Waals surface area contributed by atoms with Crippen LogP contribution in [0.3, 0.4) is 0 Å². The van der Waals surface area contributed by atoms with E-state index >= 15 is 0 Å². The molecule has 0 bridgehead atoms.